The van der Waals surface area contributed by atoms with Crippen LogP contribution in [0.4, 0.5) is 4.39 Å². The highest BCUT2D eigenvalue weighted by molar-refractivity contribution is 9.10. The summed E-state index contributed by atoms with van der Waals surface area (Å²) < 4.78 is 14.5. The van der Waals surface area contributed by atoms with Gasteiger partial charge in [-0.1, -0.05) is 36.4 Å². The van der Waals surface area contributed by atoms with Crippen LogP contribution in [0.3, 0.4) is 0 Å². The molecule has 0 aliphatic rings. The summed E-state index contributed by atoms with van der Waals surface area (Å²) in [5.41, 5.74) is 1.04. The second kappa shape index (κ2) is 5.61. The van der Waals surface area contributed by atoms with Crippen LogP contribution in [-0.4, -0.2) is 9.97 Å². The van der Waals surface area contributed by atoms with Crippen LogP contribution in [0.25, 0.3) is 22.6 Å². The smallest absolute Gasteiger partial charge is 0.251 e. The Morgan fingerprint density at radius 3 is 2.57 bits per heavy atom. The molecule has 2 aromatic carbocycles. The summed E-state index contributed by atoms with van der Waals surface area (Å²) in [5, 5.41) is 0. The van der Waals surface area contributed by atoms with E-state index in [0.29, 0.717) is 16.0 Å². The lowest BCUT2D eigenvalue weighted by Crippen LogP contribution is -2.09. The number of nitrogens with zero attached hydrogens (tertiary/aromatic N) is 1. The number of nitrogens with one attached hydrogen (secondary N) is 1. The zero-order valence-electron chi connectivity index (χ0n) is 10.8. The van der Waals surface area contributed by atoms with E-state index in [0.717, 1.165) is 5.56 Å². The number of H-pyrrole nitrogens is 1. The highest BCUT2D eigenvalue weighted by Crippen LogP contribution is 2.26. The van der Waals surface area contributed by atoms with Gasteiger partial charge in [0.1, 0.15) is 11.6 Å². The van der Waals surface area contributed by atoms with Crippen molar-refractivity contribution in [3.05, 3.63) is 75.2 Å². The van der Waals surface area contributed by atoms with Crippen LogP contribution in [0.5, 0.6) is 0 Å². The molecule has 21 heavy (non-hydrogen) atoms. The largest absolute Gasteiger partial charge is 0.306 e. The first-order chi connectivity index (χ1) is 10.1. The maximum Gasteiger partial charge on any atom is 0.251 e. The molecule has 1 aromatic heterocycles. The topological polar surface area (TPSA) is 45.8 Å². The molecule has 0 aliphatic heterocycles. The lowest BCUT2D eigenvalue weighted by Gasteiger charge is -2.06. The lowest BCUT2D eigenvalue weighted by atomic mass is 10.1. The van der Waals surface area contributed by atoms with Crippen LogP contribution in [0.1, 0.15) is 0 Å². The molecule has 1 N–H and O–H groups in total. The van der Waals surface area contributed by atoms with Crippen molar-refractivity contribution in [1.82, 2.24) is 9.97 Å². The predicted molar refractivity (Wildman–Crippen MR) is 83.4 cm³/mol. The zero-order valence-corrected chi connectivity index (χ0v) is 12.4. The van der Waals surface area contributed by atoms with Gasteiger partial charge in [0.15, 0.2) is 0 Å². The van der Waals surface area contributed by atoms with Gasteiger partial charge in [0.2, 0.25) is 0 Å². The van der Waals surface area contributed by atoms with Gasteiger partial charge in [-0.3, -0.25) is 4.79 Å². The fourth-order valence-electron chi connectivity index (χ4n) is 2.03. The Morgan fingerprint density at radius 1 is 1.05 bits per heavy atom. The Balaban J connectivity index is 2.19. The molecule has 3 rings (SSSR count). The van der Waals surface area contributed by atoms with E-state index >= 15 is 0 Å². The Labute approximate surface area is 128 Å². The fourth-order valence-corrected chi connectivity index (χ4v) is 2.40. The summed E-state index contributed by atoms with van der Waals surface area (Å²) in [7, 11) is 0. The SMILES string of the molecule is O=c1cc(-c2cccc(Br)c2F)nc(-c2ccccc2)[nH]1. The monoisotopic (exact) mass is 344 g/mol. The Morgan fingerprint density at radius 2 is 1.81 bits per heavy atom. The minimum atomic E-state index is -0.436. The third-order valence-corrected chi connectivity index (χ3v) is 3.63. The summed E-state index contributed by atoms with van der Waals surface area (Å²) in [6, 6.07) is 15.4. The number of hydrogen-bond acceptors (Lipinski definition) is 2. The molecule has 0 saturated carbocycles. The third-order valence-electron chi connectivity index (χ3n) is 3.02. The molecule has 3 nitrogen and oxygen atoms in total. The number of hydrogen-bond donors (Lipinski definition) is 1. The minimum absolute atomic E-state index is 0.285. The van der Waals surface area contributed by atoms with Crippen LogP contribution in [0, 0.1) is 5.82 Å². The Hall–Kier alpha value is -2.27. The van der Waals surface area contributed by atoms with Gasteiger partial charge >= 0.3 is 0 Å². The van der Waals surface area contributed by atoms with E-state index in [2.05, 4.69) is 25.9 Å². The molecule has 0 bridgehead atoms. The van der Waals surface area contributed by atoms with Crippen LogP contribution in [0.15, 0.2) is 63.9 Å². The average Bonchev–Trinajstić information content (AvgIpc) is 2.50. The summed E-state index contributed by atoms with van der Waals surface area (Å²) >= 11 is 3.14. The number of benzene rings is 2. The van der Waals surface area contributed by atoms with Crippen molar-refractivity contribution in [3.8, 4) is 22.6 Å². The van der Waals surface area contributed by atoms with Gasteiger partial charge in [0.25, 0.3) is 5.56 Å². The molecule has 0 aliphatic carbocycles. The van der Waals surface area contributed by atoms with Crippen molar-refractivity contribution in [2.24, 2.45) is 0 Å². The first-order valence-corrected chi connectivity index (χ1v) is 7.05. The van der Waals surface area contributed by atoms with E-state index in [-0.39, 0.29) is 11.1 Å². The number of aromatic nitrogens is 2. The molecule has 5 heteroatoms. The zero-order chi connectivity index (χ0) is 14.8. The second-order valence-corrected chi connectivity index (χ2v) is 5.30. The van der Waals surface area contributed by atoms with Crippen LogP contribution >= 0.6 is 15.9 Å². The highest BCUT2D eigenvalue weighted by Gasteiger charge is 2.12. The summed E-state index contributed by atoms with van der Waals surface area (Å²) in [6.07, 6.45) is 0. The second-order valence-electron chi connectivity index (χ2n) is 4.45. The van der Waals surface area contributed by atoms with Gasteiger partial charge in [0, 0.05) is 17.2 Å². The number of aromatic amines is 1. The van der Waals surface area contributed by atoms with E-state index in [9.17, 15) is 9.18 Å². The normalized spacial score (nSPS) is 10.6. The number of rotatable bonds is 2. The summed E-state index contributed by atoms with van der Waals surface area (Å²) in [4.78, 5) is 18.9. The van der Waals surface area contributed by atoms with E-state index in [1.54, 1.807) is 18.2 Å². The molecule has 0 spiro atoms. The molecule has 0 atom stereocenters. The summed E-state index contributed by atoms with van der Waals surface area (Å²) in [5.74, 6) is -0.0212. The minimum Gasteiger partial charge on any atom is -0.306 e. The lowest BCUT2D eigenvalue weighted by molar-refractivity contribution is 0.624. The molecule has 0 unspecified atom stereocenters. The van der Waals surface area contributed by atoms with Crippen molar-refractivity contribution in [3.63, 3.8) is 0 Å². The van der Waals surface area contributed by atoms with Gasteiger partial charge in [-0.15, -0.1) is 0 Å². The molecule has 0 radical (unpaired) electrons. The van der Waals surface area contributed by atoms with Crippen molar-refractivity contribution < 1.29 is 4.39 Å². The van der Waals surface area contributed by atoms with Crippen molar-refractivity contribution in [2.45, 2.75) is 0 Å². The van der Waals surface area contributed by atoms with Crippen molar-refractivity contribution >= 4 is 15.9 Å². The fraction of sp³-hybridized carbons (Fsp3) is 0. The van der Waals surface area contributed by atoms with E-state index < -0.39 is 5.82 Å². The molecule has 0 amide bonds. The molecule has 1 heterocycles. The Kier molecular flexibility index (Phi) is 3.66. The maximum atomic E-state index is 14.2. The predicted octanol–water partition coefficient (Wildman–Crippen LogP) is 4.01. The molecular formula is C16H10BrFN2O. The van der Waals surface area contributed by atoms with E-state index in [1.807, 2.05) is 30.3 Å². The highest BCUT2D eigenvalue weighted by atomic mass is 79.9. The van der Waals surface area contributed by atoms with Gasteiger partial charge < -0.3 is 4.98 Å². The standard InChI is InChI=1S/C16H10BrFN2O/c17-12-8-4-7-11(15(12)18)13-9-14(21)20-16(19-13)10-5-2-1-3-6-10/h1-9H,(H,19,20,21). The first-order valence-electron chi connectivity index (χ1n) is 6.26. The number of halogens is 2. The molecule has 0 saturated heterocycles. The first kappa shape index (κ1) is 13.7. The average molecular weight is 345 g/mol. The van der Waals surface area contributed by atoms with Gasteiger partial charge in [-0.25, -0.2) is 9.37 Å². The van der Waals surface area contributed by atoms with E-state index in [4.69, 9.17) is 0 Å². The van der Waals surface area contributed by atoms with Crippen molar-refractivity contribution in [1.29, 1.82) is 0 Å². The Bertz CT molecular complexity index is 846. The summed E-state index contributed by atoms with van der Waals surface area (Å²) in [6.45, 7) is 0. The maximum absolute atomic E-state index is 14.2. The third kappa shape index (κ3) is 2.78. The van der Waals surface area contributed by atoms with Gasteiger partial charge in [-0.2, -0.15) is 0 Å². The van der Waals surface area contributed by atoms with Crippen molar-refractivity contribution in [2.75, 3.05) is 0 Å². The van der Waals surface area contributed by atoms with Crippen LogP contribution in [0.2, 0.25) is 0 Å². The molecule has 0 fully saturated rings. The van der Waals surface area contributed by atoms with Gasteiger partial charge in [-0.05, 0) is 28.1 Å². The van der Waals surface area contributed by atoms with Gasteiger partial charge in [0.05, 0.1) is 10.2 Å². The van der Waals surface area contributed by atoms with E-state index in [1.165, 1.54) is 6.07 Å². The molecule has 3 aromatic rings. The van der Waals surface area contributed by atoms with Crippen LogP contribution in [-0.2, 0) is 0 Å². The quantitative estimate of drug-likeness (QED) is 0.763. The molecule has 104 valence electrons. The molecular weight excluding hydrogens is 335 g/mol. The van der Waals surface area contributed by atoms with Crippen LogP contribution < -0.4 is 5.56 Å².